The topological polar surface area (TPSA) is 48.3 Å². The normalized spacial score (nSPS) is 10.3. The van der Waals surface area contributed by atoms with Gasteiger partial charge < -0.3 is 9.30 Å². The maximum absolute atomic E-state index is 12.4. The van der Waals surface area contributed by atoms with Crippen LogP contribution in [0, 0.1) is 13.8 Å². The molecule has 1 aromatic carbocycles. The lowest BCUT2D eigenvalue weighted by atomic mass is 10.1. The molecule has 0 radical (unpaired) electrons. The van der Waals surface area contributed by atoms with Gasteiger partial charge in [0.2, 0.25) is 0 Å². The Labute approximate surface area is 117 Å². The monoisotopic (exact) mass is 271 g/mol. The van der Waals surface area contributed by atoms with Crippen molar-refractivity contribution in [1.29, 1.82) is 0 Å². The molecule has 104 valence electrons. The van der Waals surface area contributed by atoms with E-state index < -0.39 is 0 Å². The van der Waals surface area contributed by atoms with Crippen LogP contribution in [0.5, 0.6) is 5.75 Å². The number of ether oxygens (including phenoxy) is 1. The molecular formula is C16H17NO3. The molecular weight excluding hydrogens is 254 g/mol. The molecule has 2 rings (SSSR count). The largest absolute Gasteiger partial charge is 0.496 e. The van der Waals surface area contributed by atoms with E-state index in [0.717, 1.165) is 5.56 Å². The minimum atomic E-state index is -0.146. The first-order chi connectivity index (χ1) is 9.52. The third kappa shape index (κ3) is 2.79. The first-order valence-electron chi connectivity index (χ1n) is 6.37. The number of hydrogen-bond donors (Lipinski definition) is 0. The van der Waals surface area contributed by atoms with Crippen LogP contribution < -0.4 is 10.3 Å². The molecule has 4 heteroatoms. The zero-order valence-corrected chi connectivity index (χ0v) is 11.8. The summed E-state index contributed by atoms with van der Waals surface area (Å²) in [5.74, 6) is 0.388. The molecule has 0 unspecified atom stereocenters. The number of methoxy groups -OCH3 is 1. The Morgan fingerprint density at radius 1 is 1.25 bits per heavy atom. The third-order valence-corrected chi connectivity index (χ3v) is 3.18. The first kappa shape index (κ1) is 14.1. The van der Waals surface area contributed by atoms with Gasteiger partial charge in [0.05, 0.1) is 19.2 Å². The highest BCUT2D eigenvalue weighted by molar-refractivity contribution is 5.98. The van der Waals surface area contributed by atoms with Crippen LogP contribution in [0.15, 0.2) is 41.3 Å². The Morgan fingerprint density at radius 3 is 2.70 bits per heavy atom. The third-order valence-electron chi connectivity index (χ3n) is 3.18. The zero-order chi connectivity index (χ0) is 14.7. The van der Waals surface area contributed by atoms with Crippen LogP contribution in [0.1, 0.15) is 21.5 Å². The van der Waals surface area contributed by atoms with Gasteiger partial charge in [0.15, 0.2) is 5.78 Å². The molecule has 0 saturated heterocycles. The van der Waals surface area contributed by atoms with Crippen LogP contribution in [0.25, 0.3) is 0 Å². The Balaban J connectivity index is 2.35. The van der Waals surface area contributed by atoms with Crippen molar-refractivity contribution < 1.29 is 9.53 Å². The van der Waals surface area contributed by atoms with Crippen LogP contribution >= 0.6 is 0 Å². The van der Waals surface area contributed by atoms with Crippen molar-refractivity contribution in [2.75, 3.05) is 7.11 Å². The summed E-state index contributed by atoms with van der Waals surface area (Å²) in [6.45, 7) is 3.66. The molecule has 0 fully saturated rings. The smallest absolute Gasteiger partial charge is 0.253 e. The number of ketones is 1. The van der Waals surface area contributed by atoms with Gasteiger partial charge in [-0.15, -0.1) is 0 Å². The van der Waals surface area contributed by atoms with E-state index in [1.807, 2.05) is 13.0 Å². The fraction of sp³-hybridized carbons (Fsp3) is 0.250. The zero-order valence-electron chi connectivity index (χ0n) is 11.8. The number of carbonyl (C=O) groups excluding carboxylic acids is 1. The average molecular weight is 271 g/mol. The lowest BCUT2D eigenvalue weighted by Gasteiger charge is -2.10. The Bertz CT molecular complexity index is 701. The van der Waals surface area contributed by atoms with Crippen molar-refractivity contribution in [2.45, 2.75) is 20.4 Å². The highest BCUT2D eigenvalue weighted by Crippen LogP contribution is 2.20. The predicted octanol–water partition coefficient (Wildman–Crippen LogP) is 2.36. The van der Waals surface area contributed by atoms with E-state index in [9.17, 15) is 9.59 Å². The molecule has 0 aliphatic carbocycles. The second kappa shape index (κ2) is 5.74. The predicted molar refractivity (Wildman–Crippen MR) is 77.5 cm³/mol. The van der Waals surface area contributed by atoms with Gasteiger partial charge in [-0.05, 0) is 32.0 Å². The van der Waals surface area contributed by atoms with Crippen LogP contribution in [0.3, 0.4) is 0 Å². The highest BCUT2D eigenvalue weighted by atomic mass is 16.5. The van der Waals surface area contributed by atoms with Crippen molar-refractivity contribution in [1.82, 2.24) is 4.57 Å². The summed E-state index contributed by atoms with van der Waals surface area (Å²) in [5.41, 5.74) is 1.95. The first-order valence-corrected chi connectivity index (χ1v) is 6.37. The second-order valence-electron chi connectivity index (χ2n) is 4.75. The van der Waals surface area contributed by atoms with E-state index in [0.29, 0.717) is 16.9 Å². The number of pyridine rings is 1. The number of aromatic nitrogens is 1. The van der Waals surface area contributed by atoms with E-state index in [2.05, 4.69) is 0 Å². The van der Waals surface area contributed by atoms with Crippen LogP contribution in [-0.4, -0.2) is 17.5 Å². The van der Waals surface area contributed by atoms with Gasteiger partial charge in [-0.3, -0.25) is 9.59 Å². The summed E-state index contributed by atoms with van der Waals surface area (Å²) >= 11 is 0. The SMILES string of the molecule is COc1ccc(C)cc1C(=O)Cn1cccc(C)c1=O. The lowest BCUT2D eigenvalue weighted by Crippen LogP contribution is -2.25. The molecule has 0 amide bonds. The van der Waals surface area contributed by atoms with Crippen LogP contribution in [0.2, 0.25) is 0 Å². The number of benzene rings is 1. The van der Waals surface area contributed by atoms with Crippen molar-refractivity contribution >= 4 is 5.78 Å². The number of rotatable bonds is 4. The van der Waals surface area contributed by atoms with Crippen molar-refractivity contribution in [3.8, 4) is 5.75 Å². The quantitative estimate of drug-likeness (QED) is 0.802. The van der Waals surface area contributed by atoms with Crippen LogP contribution in [0.4, 0.5) is 0 Å². The number of nitrogens with zero attached hydrogens (tertiary/aromatic N) is 1. The minimum Gasteiger partial charge on any atom is -0.496 e. The maximum atomic E-state index is 12.4. The highest BCUT2D eigenvalue weighted by Gasteiger charge is 2.13. The van der Waals surface area contributed by atoms with Gasteiger partial charge in [-0.25, -0.2) is 0 Å². The molecule has 4 nitrogen and oxygen atoms in total. The number of aryl methyl sites for hydroxylation is 2. The molecule has 0 atom stereocenters. The Morgan fingerprint density at radius 2 is 2.00 bits per heavy atom. The van der Waals surface area contributed by atoms with Crippen LogP contribution in [-0.2, 0) is 6.54 Å². The van der Waals surface area contributed by atoms with E-state index >= 15 is 0 Å². The molecule has 0 spiro atoms. The second-order valence-corrected chi connectivity index (χ2v) is 4.75. The van der Waals surface area contributed by atoms with Gasteiger partial charge in [0.1, 0.15) is 5.75 Å². The van der Waals surface area contributed by atoms with Gasteiger partial charge in [-0.1, -0.05) is 17.7 Å². The fourth-order valence-corrected chi connectivity index (χ4v) is 2.06. The Kier molecular flexibility index (Phi) is 4.03. The summed E-state index contributed by atoms with van der Waals surface area (Å²) < 4.78 is 6.62. The number of hydrogen-bond acceptors (Lipinski definition) is 3. The molecule has 0 N–H and O–H groups in total. The van der Waals surface area contributed by atoms with Gasteiger partial charge in [0.25, 0.3) is 5.56 Å². The number of Topliss-reactive ketones (excluding diaryl/α,β-unsaturated/α-hetero) is 1. The molecule has 20 heavy (non-hydrogen) atoms. The van der Waals surface area contributed by atoms with E-state index in [-0.39, 0.29) is 17.9 Å². The summed E-state index contributed by atoms with van der Waals surface area (Å²) in [4.78, 5) is 24.3. The standard InChI is InChI=1S/C16H17NO3/c1-11-6-7-15(20-3)13(9-11)14(18)10-17-8-4-5-12(2)16(17)19/h4-9H,10H2,1-3H3. The van der Waals surface area contributed by atoms with Gasteiger partial charge >= 0.3 is 0 Å². The fourth-order valence-electron chi connectivity index (χ4n) is 2.06. The van der Waals surface area contributed by atoms with E-state index in [1.165, 1.54) is 11.7 Å². The molecule has 1 aromatic heterocycles. The van der Waals surface area contributed by atoms with Crippen molar-refractivity contribution in [3.63, 3.8) is 0 Å². The molecule has 2 aromatic rings. The molecule has 0 saturated carbocycles. The summed E-state index contributed by atoms with van der Waals surface area (Å²) in [5, 5.41) is 0. The summed E-state index contributed by atoms with van der Waals surface area (Å²) in [6, 6.07) is 8.92. The van der Waals surface area contributed by atoms with E-state index in [1.54, 1.807) is 37.4 Å². The van der Waals surface area contributed by atoms with Crippen molar-refractivity contribution in [3.05, 3.63) is 63.6 Å². The average Bonchev–Trinajstić information content (AvgIpc) is 2.43. The van der Waals surface area contributed by atoms with Gasteiger partial charge in [0, 0.05) is 11.8 Å². The maximum Gasteiger partial charge on any atom is 0.253 e. The molecule has 0 aliphatic rings. The minimum absolute atomic E-state index is 0.0142. The number of carbonyl (C=O) groups is 1. The van der Waals surface area contributed by atoms with E-state index in [4.69, 9.17) is 4.74 Å². The lowest BCUT2D eigenvalue weighted by molar-refractivity contribution is 0.0967. The molecule has 0 bridgehead atoms. The van der Waals surface area contributed by atoms with Gasteiger partial charge in [-0.2, -0.15) is 0 Å². The Hall–Kier alpha value is -2.36. The van der Waals surface area contributed by atoms with Crippen molar-refractivity contribution in [2.24, 2.45) is 0 Å². The summed E-state index contributed by atoms with van der Waals surface area (Å²) in [7, 11) is 1.53. The molecule has 0 aliphatic heterocycles. The summed E-state index contributed by atoms with van der Waals surface area (Å²) in [6.07, 6.45) is 1.62. The molecule has 1 heterocycles.